The Hall–Kier alpha value is -3.08. The predicted molar refractivity (Wildman–Crippen MR) is 103 cm³/mol. The molecule has 132 valence electrons. The fourth-order valence-corrected chi connectivity index (χ4v) is 3.30. The summed E-state index contributed by atoms with van der Waals surface area (Å²) in [5.41, 5.74) is 7.92. The standard InChI is InChI=1S/C21H22N4O/c1-13-6-8-17(15(3)10-13)20(18-9-7-14(2)11-16(18)4)19(12-26)21-22-23-24-25(21)5/h6-12H,1-5H3. The average Bonchev–Trinajstić information content (AvgIpc) is 3.00. The second-order valence-electron chi connectivity index (χ2n) is 6.67. The molecule has 3 aromatic rings. The van der Waals surface area contributed by atoms with Crippen LogP contribution in [0.2, 0.25) is 0 Å². The highest BCUT2D eigenvalue weighted by Gasteiger charge is 2.20. The lowest BCUT2D eigenvalue weighted by atomic mass is 9.87. The van der Waals surface area contributed by atoms with Crippen LogP contribution >= 0.6 is 0 Å². The number of aromatic nitrogens is 4. The van der Waals surface area contributed by atoms with Crippen molar-refractivity contribution in [2.24, 2.45) is 7.05 Å². The molecule has 2 aromatic carbocycles. The topological polar surface area (TPSA) is 60.7 Å². The molecule has 1 aromatic heterocycles. The molecule has 26 heavy (non-hydrogen) atoms. The predicted octanol–water partition coefficient (Wildman–Crippen LogP) is 3.60. The summed E-state index contributed by atoms with van der Waals surface area (Å²) in [7, 11) is 1.74. The number of allylic oxidation sites excluding steroid dienone is 1. The summed E-state index contributed by atoms with van der Waals surface area (Å²) in [4.78, 5) is 12.1. The summed E-state index contributed by atoms with van der Waals surface area (Å²) >= 11 is 0. The van der Waals surface area contributed by atoms with Gasteiger partial charge in [0.05, 0.1) is 5.57 Å². The first-order valence-electron chi connectivity index (χ1n) is 8.49. The third kappa shape index (κ3) is 3.20. The summed E-state index contributed by atoms with van der Waals surface area (Å²) in [6.45, 7) is 8.24. The van der Waals surface area contributed by atoms with E-state index in [4.69, 9.17) is 0 Å². The zero-order valence-electron chi connectivity index (χ0n) is 15.7. The molecule has 0 spiro atoms. The van der Waals surface area contributed by atoms with E-state index in [0.717, 1.165) is 34.1 Å². The zero-order chi connectivity index (χ0) is 18.8. The summed E-state index contributed by atoms with van der Waals surface area (Å²) in [5.74, 6) is 0.454. The van der Waals surface area contributed by atoms with Gasteiger partial charge in [-0.15, -0.1) is 5.10 Å². The van der Waals surface area contributed by atoms with Crippen molar-refractivity contribution in [2.45, 2.75) is 27.7 Å². The first-order chi connectivity index (χ1) is 12.4. The van der Waals surface area contributed by atoms with Crippen LogP contribution in [0.5, 0.6) is 0 Å². The number of rotatable bonds is 4. The molecule has 0 aliphatic heterocycles. The smallest absolute Gasteiger partial charge is 0.185 e. The molecule has 0 N–H and O–H groups in total. The number of benzene rings is 2. The molecule has 0 unspecified atom stereocenters. The van der Waals surface area contributed by atoms with Crippen molar-refractivity contribution in [2.75, 3.05) is 0 Å². The number of carbonyl (C=O) groups excluding carboxylic acids is 1. The molecule has 0 atom stereocenters. The fourth-order valence-electron chi connectivity index (χ4n) is 3.30. The monoisotopic (exact) mass is 346 g/mol. The number of hydrogen-bond acceptors (Lipinski definition) is 4. The van der Waals surface area contributed by atoms with Crippen LogP contribution in [0.3, 0.4) is 0 Å². The Labute approximate surface area is 153 Å². The highest BCUT2D eigenvalue weighted by molar-refractivity contribution is 6.19. The average molecular weight is 346 g/mol. The van der Waals surface area contributed by atoms with Gasteiger partial charge in [-0.1, -0.05) is 47.5 Å². The summed E-state index contributed by atoms with van der Waals surface area (Å²) in [6.07, 6.45) is 0.847. The Morgan fingerprint density at radius 1 is 0.923 bits per heavy atom. The van der Waals surface area contributed by atoms with Crippen LogP contribution in [0.25, 0.3) is 11.1 Å². The van der Waals surface area contributed by atoms with Gasteiger partial charge in [0.15, 0.2) is 12.1 Å². The molecular formula is C21H22N4O. The van der Waals surface area contributed by atoms with Gasteiger partial charge in [0.25, 0.3) is 0 Å². The van der Waals surface area contributed by atoms with E-state index in [1.165, 1.54) is 15.8 Å². The summed E-state index contributed by atoms with van der Waals surface area (Å²) < 4.78 is 1.52. The molecule has 0 aliphatic carbocycles. The minimum absolute atomic E-state index is 0.454. The lowest BCUT2D eigenvalue weighted by Crippen LogP contribution is -2.05. The lowest BCUT2D eigenvalue weighted by molar-refractivity contribution is -0.103. The molecule has 0 fully saturated rings. The molecular weight excluding hydrogens is 324 g/mol. The van der Waals surface area contributed by atoms with Gasteiger partial charge in [-0.2, -0.15) is 0 Å². The van der Waals surface area contributed by atoms with Crippen LogP contribution < -0.4 is 0 Å². The van der Waals surface area contributed by atoms with Gasteiger partial charge in [0.2, 0.25) is 0 Å². The van der Waals surface area contributed by atoms with Crippen molar-refractivity contribution in [3.8, 4) is 0 Å². The summed E-state index contributed by atoms with van der Waals surface area (Å²) in [6, 6.07) is 12.5. The molecule has 0 radical (unpaired) electrons. The normalized spacial score (nSPS) is 10.7. The quantitative estimate of drug-likeness (QED) is 0.535. The first-order valence-corrected chi connectivity index (χ1v) is 8.49. The van der Waals surface area contributed by atoms with Crippen molar-refractivity contribution < 1.29 is 4.79 Å². The lowest BCUT2D eigenvalue weighted by Gasteiger charge is -2.17. The Kier molecular flexibility index (Phi) is 4.80. The minimum Gasteiger partial charge on any atom is -0.298 e. The van der Waals surface area contributed by atoms with Gasteiger partial charge in [-0.25, -0.2) is 4.68 Å². The van der Waals surface area contributed by atoms with Crippen LogP contribution in [0.15, 0.2) is 36.4 Å². The van der Waals surface area contributed by atoms with Gasteiger partial charge < -0.3 is 0 Å². The largest absolute Gasteiger partial charge is 0.298 e. The van der Waals surface area contributed by atoms with E-state index in [-0.39, 0.29) is 0 Å². The van der Waals surface area contributed by atoms with Crippen molar-refractivity contribution in [3.63, 3.8) is 0 Å². The number of tetrazole rings is 1. The maximum Gasteiger partial charge on any atom is 0.185 e. The van der Waals surface area contributed by atoms with Crippen LogP contribution in [-0.4, -0.2) is 26.5 Å². The third-order valence-electron chi connectivity index (χ3n) is 4.55. The van der Waals surface area contributed by atoms with Gasteiger partial charge in [-0.3, -0.25) is 4.79 Å². The Bertz CT molecular complexity index is 961. The highest BCUT2D eigenvalue weighted by Crippen LogP contribution is 2.34. The van der Waals surface area contributed by atoms with Crippen molar-refractivity contribution in [3.05, 3.63) is 75.6 Å². The van der Waals surface area contributed by atoms with E-state index in [1.807, 2.05) is 0 Å². The molecule has 0 bridgehead atoms. The SMILES string of the molecule is Cc1ccc(C(=C(C=O)c2nnnn2C)c2ccc(C)cc2C)c(C)c1. The van der Waals surface area contributed by atoms with Crippen molar-refractivity contribution >= 4 is 17.4 Å². The Morgan fingerprint density at radius 3 is 1.85 bits per heavy atom. The molecule has 0 saturated carbocycles. The maximum atomic E-state index is 12.1. The number of nitrogens with zero attached hydrogens (tertiary/aromatic N) is 4. The van der Waals surface area contributed by atoms with E-state index >= 15 is 0 Å². The first kappa shape index (κ1) is 17.7. The van der Waals surface area contributed by atoms with Gasteiger partial charge in [-0.05, 0) is 60.4 Å². The molecule has 0 aliphatic rings. The zero-order valence-corrected chi connectivity index (χ0v) is 15.7. The number of hydrogen-bond donors (Lipinski definition) is 0. The second kappa shape index (κ2) is 7.04. The van der Waals surface area contributed by atoms with E-state index in [1.54, 1.807) is 7.05 Å². The van der Waals surface area contributed by atoms with Gasteiger partial charge in [0, 0.05) is 12.6 Å². The van der Waals surface area contributed by atoms with E-state index in [9.17, 15) is 4.79 Å². The highest BCUT2D eigenvalue weighted by atomic mass is 16.1. The molecule has 5 heteroatoms. The number of aldehydes is 1. The number of carbonyl (C=O) groups is 1. The van der Waals surface area contributed by atoms with Gasteiger partial charge in [0.1, 0.15) is 0 Å². The molecule has 0 saturated heterocycles. The fraction of sp³-hybridized carbons (Fsp3) is 0.238. The number of aryl methyl sites for hydroxylation is 5. The Morgan fingerprint density at radius 2 is 1.46 bits per heavy atom. The van der Waals surface area contributed by atoms with Crippen LogP contribution in [0.1, 0.15) is 39.2 Å². The maximum absolute atomic E-state index is 12.1. The second-order valence-corrected chi connectivity index (χ2v) is 6.67. The molecule has 1 heterocycles. The van der Waals surface area contributed by atoms with E-state index < -0.39 is 0 Å². The van der Waals surface area contributed by atoms with E-state index in [0.29, 0.717) is 11.4 Å². The third-order valence-corrected chi connectivity index (χ3v) is 4.55. The van der Waals surface area contributed by atoms with Crippen molar-refractivity contribution in [1.82, 2.24) is 20.2 Å². The molecule has 5 nitrogen and oxygen atoms in total. The van der Waals surface area contributed by atoms with Gasteiger partial charge >= 0.3 is 0 Å². The minimum atomic E-state index is 0.454. The molecule has 3 rings (SSSR count). The van der Waals surface area contributed by atoms with Crippen molar-refractivity contribution in [1.29, 1.82) is 0 Å². The van der Waals surface area contributed by atoms with Crippen LogP contribution in [0, 0.1) is 27.7 Å². The molecule has 0 amide bonds. The Balaban J connectivity index is 2.41. The van der Waals surface area contributed by atoms with Crippen LogP contribution in [-0.2, 0) is 11.8 Å². The summed E-state index contributed by atoms with van der Waals surface area (Å²) in [5, 5.41) is 11.7. The van der Waals surface area contributed by atoms with Crippen LogP contribution in [0.4, 0.5) is 0 Å². The van der Waals surface area contributed by atoms with E-state index in [2.05, 4.69) is 79.6 Å².